The van der Waals surface area contributed by atoms with E-state index in [1.165, 1.54) is 17.4 Å². The third-order valence-electron chi connectivity index (χ3n) is 8.42. The summed E-state index contributed by atoms with van der Waals surface area (Å²) in [6.07, 6.45) is 1.37. The number of imidazole rings is 1. The van der Waals surface area contributed by atoms with E-state index >= 15 is 0 Å². The van der Waals surface area contributed by atoms with Crippen molar-refractivity contribution in [1.82, 2.24) is 18.3 Å². The number of rotatable bonds is 7. The molecule has 8 rings (SSSR count). The SMILES string of the molecule is N#C/C(=C\c1ccc(-c2ccc(C#Cc3ccc(-c4nc(-c5ccccc5)c(-c5ccccc5)n4-c4ccccc4)cc3)c3nsnc23)s1)C(=O)O. The second-order valence-corrected chi connectivity index (χ2v) is 13.3. The molecule has 5 aromatic carbocycles. The van der Waals surface area contributed by atoms with Crippen molar-refractivity contribution in [2.24, 2.45) is 0 Å². The van der Waals surface area contributed by atoms with E-state index in [0.717, 1.165) is 78.4 Å². The lowest BCUT2D eigenvalue weighted by Crippen LogP contribution is -2.00. The molecule has 8 aromatic rings. The molecule has 0 aliphatic carbocycles. The number of hydrogen-bond acceptors (Lipinski definition) is 7. The average molecular weight is 708 g/mol. The van der Waals surface area contributed by atoms with Crippen LogP contribution in [0.3, 0.4) is 0 Å². The fourth-order valence-electron chi connectivity index (χ4n) is 5.97. The van der Waals surface area contributed by atoms with E-state index in [9.17, 15) is 9.90 Å². The lowest BCUT2D eigenvalue weighted by molar-refractivity contribution is -0.132. The highest BCUT2D eigenvalue weighted by Gasteiger charge is 2.22. The lowest BCUT2D eigenvalue weighted by atomic mass is 10.0. The van der Waals surface area contributed by atoms with Crippen LogP contribution in [0.2, 0.25) is 0 Å². The first-order chi connectivity index (χ1) is 25.6. The highest BCUT2D eigenvalue weighted by atomic mass is 32.1. The number of aliphatic carboxylic acids is 1. The molecule has 0 atom stereocenters. The Morgan fingerprint density at radius 2 is 1.38 bits per heavy atom. The van der Waals surface area contributed by atoms with Crippen LogP contribution in [0.5, 0.6) is 0 Å². The zero-order valence-corrected chi connectivity index (χ0v) is 28.9. The molecular formula is C43H25N5O2S2. The van der Waals surface area contributed by atoms with E-state index in [1.54, 1.807) is 12.1 Å². The van der Waals surface area contributed by atoms with Crippen molar-refractivity contribution in [2.45, 2.75) is 0 Å². The second kappa shape index (κ2) is 14.1. The number of hydrogen-bond donors (Lipinski definition) is 1. The van der Waals surface area contributed by atoms with Crippen LogP contribution in [0.25, 0.3) is 67.1 Å². The molecule has 9 heteroatoms. The van der Waals surface area contributed by atoms with Gasteiger partial charge in [0.1, 0.15) is 28.5 Å². The fraction of sp³-hybridized carbons (Fsp3) is 0. The van der Waals surface area contributed by atoms with Gasteiger partial charge in [-0.1, -0.05) is 103 Å². The van der Waals surface area contributed by atoms with Gasteiger partial charge >= 0.3 is 5.97 Å². The third-order valence-corrected chi connectivity index (χ3v) is 10.0. The maximum atomic E-state index is 11.3. The summed E-state index contributed by atoms with van der Waals surface area (Å²) >= 11 is 2.50. The summed E-state index contributed by atoms with van der Waals surface area (Å²) in [5.74, 6) is 6.18. The number of para-hydroxylation sites is 1. The molecule has 0 bridgehead atoms. The summed E-state index contributed by atoms with van der Waals surface area (Å²) in [6.45, 7) is 0. The first-order valence-corrected chi connectivity index (χ1v) is 17.7. The summed E-state index contributed by atoms with van der Waals surface area (Å²) in [4.78, 5) is 18.1. The number of nitriles is 1. The summed E-state index contributed by atoms with van der Waals surface area (Å²) in [5, 5.41) is 18.4. The van der Waals surface area contributed by atoms with Gasteiger partial charge in [-0.05, 0) is 54.6 Å². The largest absolute Gasteiger partial charge is 0.477 e. The average Bonchev–Trinajstić information content (AvgIpc) is 3.97. The van der Waals surface area contributed by atoms with Crippen molar-refractivity contribution in [3.63, 3.8) is 0 Å². The Kier molecular flexibility index (Phi) is 8.78. The minimum atomic E-state index is -1.26. The molecule has 0 aliphatic rings. The Morgan fingerprint density at radius 3 is 2.08 bits per heavy atom. The van der Waals surface area contributed by atoms with Crippen molar-refractivity contribution in [2.75, 3.05) is 0 Å². The summed E-state index contributed by atoms with van der Waals surface area (Å²) in [7, 11) is 0. The smallest absolute Gasteiger partial charge is 0.346 e. The van der Waals surface area contributed by atoms with E-state index in [-0.39, 0.29) is 5.57 Å². The maximum absolute atomic E-state index is 11.3. The number of nitrogens with zero attached hydrogens (tertiary/aromatic N) is 5. The molecule has 0 aliphatic heterocycles. The molecule has 0 saturated heterocycles. The predicted molar refractivity (Wildman–Crippen MR) is 208 cm³/mol. The lowest BCUT2D eigenvalue weighted by Gasteiger charge is -2.13. The van der Waals surface area contributed by atoms with E-state index < -0.39 is 5.97 Å². The van der Waals surface area contributed by atoms with Crippen LogP contribution in [0.15, 0.2) is 145 Å². The number of carbonyl (C=O) groups is 1. The van der Waals surface area contributed by atoms with Crippen molar-refractivity contribution in [1.29, 1.82) is 5.26 Å². The summed E-state index contributed by atoms with van der Waals surface area (Å²) in [5.41, 5.74) is 9.58. The normalized spacial score (nSPS) is 11.2. The Balaban J connectivity index is 1.15. The highest BCUT2D eigenvalue weighted by molar-refractivity contribution is 7.16. The van der Waals surface area contributed by atoms with Crippen LogP contribution >= 0.6 is 23.1 Å². The molecule has 246 valence electrons. The van der Waals surface area contributed by atoms with Crippen molar-refractivity contribution >= 4 is 46.1 Å². The first kappa shape index (κ1) is 32.3. The molecule has 7 nitrogen and oxygen atoms in total. The molecule has 0 unspecified atom stereocenters. The van der Waals surface area contributed by atoms with Gasteiger partial charge in [0, 0.05) is 43.3 Å². The highest BCUT2D eigenvalue weighted by Crippen LogP contribution is 2.39. The molecule has 3 heterocycles. The van der Waals surface area contributed by atoms with Crippen LogP contribution in [-0.4, -0.2) is 29.4 Å². The van der Waals surface area contributed by atoms with Crippen LogP contribution in [0, 0.1) is 23.2 Å². The summed E-state index contributed by atoms with van der Waals surface area (Å²) in [6, 6.07) is 48.4. The molecule has 0 fully saturated rings. The van der Waals surface area contributed by atoms with Crippen molar-refractivity contribution in [3.05, 3.63) is 161 Å². The topological polar surface area (TPSA) is 105 Å². The third kappa shape index (κ3) is 6.30. The van der Waals surface area contributed by atoms with Gasteiger partial charge < -0.3 is 5.11 Å². The number of fused-ring (bicyclic) bond motifs is 1. The van der Waals surface area contributed by atoms with Gasteiger partial charge in [0.2, 0.25) is 0 Å². The van der Waals surface area contributed by atoms with Gasteiger partial charge in [-0.25, -0.2) is 9.78 Å². The Labute approximate surface area is 307 Å². The molecule has 0 radical (unpaired) electrons. The zero-order chi connectivity index (χ0) is 35.4. The Hall–Kier alpha value is -6.91. The molecule has 3 aromatic heterocycles. The van der Waals surface area contributed by atoms with Gasteiger partial charge in [0.25, 0.3) is 0 Å². The van der Waals surface area contributed by atoms with Gasteiger partial charge in [-0.3, -0.25) is 4.57 Å². The number of carboxylic acids is 1. The van der Waals surface area contributed by atoms with Gasteiger partial charge in [0.05, 0.1) is 28.7 Å². The van der Waals surface area contributed by atoms with E-state index in [0.29, 0.717) is 10.4 Å². The molecule has 0 saturated carbocycles. The van der Waals surface area contributed by atoms with Crippen molar-refractivity contribution in [3.8, 4) is 67.9 Å². The number of carboxylic acid groups (broad SMARTS) is 1. The van der Waals surface area contributed by atoms with Crippen LogP contribution in [0.1, 0.15) is 16.0 Å². The van der Waals surface area contributed by atoms with E-state index in [4.69, 9.17) is 10.2 Å². The monoisotopic (exact) mass is 707 g/mol. The van der Waals surface area contributed by atoms with Gasteiger partial charge in [0.15, 0.2) is 0 Å². The van der Waals surface area contributed by atoms with Crippen LogP contribution in [0.4, 0.5) is 0 Å². The molecule has 0 amide bonds. The zero-order valence-electron chi connectivity index (χ0n) is 27.3. The molecular weight excluding hydrogens is 683 g/mol. The van der Waals surface area contributed by atoms with Crippen molar-refractivity contribution < 1.29 is 9.90 Å². The Bertz CT molecular complexity index is 2710. The minimum Gasteiger partial charge on any atom is -0.477 e. The standard InChI is InChI=1S/C43H25N5O2S2/c44-27-33(43(49)50)26-35-23-25-37(51-35)36-24-22-30(38-40(36)47-52-46-38)19-16-28-17-20-32(21-18-28)42-45-39(29-10-4-1-5-11-29)41(31-12-6-2-7-13-31)48(42)34-14-8-3-9-15-34/h1-15,17-18,20-26H,(H,49,50)/b33-26+. The quantitative estimate of drug-likeness (QED) is 0.100. The van der Waals surface area contributed by atoms with Gasteiger partial charge in [-0.2, -0.15) is 14.0 Å². The maximum Gasteiger partial charge on any atom is 0.346 e. The van der Waals surface area contributed by atoms with Gasteiger partial charge in [-0.15, -0.1) is 11.3 Å². The van der Waals surface area contributed by atoms with E-state index in [1.807, 2.05) is 72.8 Å². The Morgan fingerprint density at radius 1 is 0.712 bits per heavy atom. The molecule has 52 heavy (non-hydrogen) atoms. The number of benzene rings is 5. The number of thiophene rings is 1. The first-order valence-electron chi connectivity index (χ1n) is 16.2. The summed E-state index contributed by atoms with van der Waals surface area (Å²) < 4.78 is 11.3. The fourth-order valence-corrected chi connectivity index (χ4v) is 7.52. The molecule has 1 N–H and O–H groups in total. The minimum absolute atomic E-state index is 0.317. The second-order valence-electron chi connectivity index (χ2n) is 11.7. The van der Waals surface area contributed by atoms with Crippen LogP contribution in [-0.2, 0) is 4.79 Å². The van der Waals surface area contributed by atoms with E-state index in [2.05, 4.69) is 85.8 Å². The number of aromatic nitrogens is 4. The predicted octanol–water partition coefficient (Wildman–Crippen LogP) is 10.00. The molecule has 0 spiro atoms. The van der Waals surface area contributed by atoms with Crippen LogP contribution < -0.4 is 0 Å².